The molecule has 0 amide bonds. The standard InChI is InChI=1S/C18H32ClP.C6H10Cl.2C6H11.Pd/c19-15-11-13-18(14-12-15)20(16-7-3-1-4-8-16)17-9-5-2-6-10-17;7-6-4-2-1-3-5-6;2*1-2-4-6-5-3-1;/h15-18H,1-14H2;1,6H,2-5H2;2*1H,2-6H2;/q;3*-1;/p+1. The summed E-state index contributed by atoms with van der Waals surface area (Å²) in [4.78, 5) is 0. The first kappa shape index (κ1) is 37.9. The van der Waals surface area contributed by atoms with Gasteiger partial charge in [-0.05, 0) is 77.0 Å². The maximum atomic E-state index is 6.37. The molecule has 6 aliphatic carbocycles. The van der Waals surface area contributed by atoms with Crippen molar-refractivity contribution in [3.8, 4) is 0 Å². The molecule has 0 radical (unpaired) electrons. The van der Waals surface area contributed by atoms with Crippen LogP contribution < -0.4 is 0 Å². The van der Waals surface area contributed by atoms with Gasteiger partial charge in [0, 0.05) is 39.1 Å². The fourth-order valence-electron chi connectivity index (χ4n) is 7.94. The molecule has 0 spiro atoms. The number of hydrogen-bond acceptors (Lipinski definition) is 0. The van der Waals surface area contributed by atoms with E-state index in [2.05, 4.69) is 19.3 Å². The normalized spacial score (nSPS) is 28.9. The number of hydrogen-bond donors (Lipinski definition) is 0. The zero-order valence-corrected chi connectivity index (χ0v) is 30.1. The Morgan fingerprint density at radius 1 is 0.350 bits per heavy atom. The van der Waals surface area contributed by atoms with Gasteiger partial charge in [-0.2, -0.15) is 38.5 Å². The molecule has 6 aliphatic rings. The third-order valence-corrected chi connectivity index (χ3v) is 15.7. The zero-order chi connectivity index (χ0) is 27.4. The molecule has 40 heavy (non-hydrogen) atoms. The third kappa shape index (κ3) is 16.7. The monoisotopic (exact) mass is 704 g/mol. The fraction of sp³-hybridized carbons (Fsp3) is 0.917. The van der Waals surface area contributed by atoms with Crippen molar-refractivity contribution < 1.29 is 20.4 Å². The predicted octanol–water partition coefficient (Wildman–Crippen LogP) is 13.1. The number of alkyl halides is 2. The molecule has 4 heteroatoms. The van der Waals surface area contributed by atoms with E-state index >= 15 is 0 Å². The number of halogens is 2. The van der Waals surface area contributed by atoms with Crippen LogP contribution in [0.15, 0.2) is 0 Å². The molecular weight excluding hydrogens is 641 g/mol. The zero-order valence-electron chi connectivity index (χ0n) is 26.0. The van der Waals surface area contributed by atoms with Crippen molar-refractivity contribution in [3.05, 3.63) is 19.3 Å². The quantitative estimate of drug-likeness (QED) is 0.119. The van der Waals surface area contributed by atoms with E-state index in [1.54, 1.807) is 25.7 Å². The summed E-state index contributed by atoms with van der Waals surface area (Å²) < 4.78 is 0. The summed E-state index contributed by atoms with van der Waals surface area (Å²) in [5.74, 6) is 0. The molecule has 0 atom stereocenters. The summed E-state index contributed by atoms with van der Waals surface area (Å²) >= 11 is 12.2. The van der Waals surface area contributed by atoms with Crippen molar-refractivity contribution >= 4 is 31.1 Å². The van der Waals surface area contributed by atoms with Gasteiger partial charge in [0.2, 0.25) is 0 Å². The summed E-state index contributed by atoms with van der Waals surface area (Å²) in [7, 11) is -0.128. The second-order valence-electron chi connectivity index (χ2n) is 13.5. The van der Waals surface area contributed by atoms with E-state index in [0.717, 1.165) is 5.66 Å². The number of rotatable bonds is 3. The Morgan fingerprint density at radius 3 is 0.975 bits per heavy atom. The van der Waals surface area contributed by atoms with Crippen molar-refractivity contribution in [2.24, 2.45) is 0 Å². The van der Waals surface area contributed by atoms with Crippen molar-refractivity contribution in [2.45, 2.75) is 208 Å². The summed E-state index contributed by atoms with van der Waals surface area (Å²) in [5.41, 5.74) is 3.48. The van der Waals surface area contributed by atoms with E-state index in [9.17, 15) is 0 Å². The molecule has 0 N–H and O–H groups in total. The van der Waals surface area contributed by atoms with Crippen LogP contribution in [0, 0.1) is 19.3 Å². The molecule has 6 saturated carbocycles. The Bertz CT molecular complexity index is 488. The van der Waals surface area contributed by atoms with E-state index < -0.39 is 0 Å². The van der Waals surface area contributed by atoms with Crippen molar-refractivity contribution in [1.82, 2.24) is 0 Å². The topological polar surface area (TPSA) is 0 Å². The second-order valence-corrected chi connectivity index (χ2v) is 18.2. The van der Waals surface area contributed by atoms with Crippen molar-refractivity contribution in [2.75, 3.05) is 0 Å². The van der Waals surface area contributed by atoms with Gasteiger partial charge < -0.3 is 19.3 Å². The molecule has 0 bridgehead atoms. The first-order valence-electron chi connectivity index (χ1n) is 17.8. The fourth-order valence-corrected chi connectivity index (χ4v) is 13.6. The molecule has 0 aromatic carbocycles. The van der Waals surface area contributed by atoms with E-state index in [1.165, 1.54) is 165 Å². The molecule has 0 heterocycles. The summed E-state index contributed by atoms with van der Waals surface area (Å²) in [6.07, 6.45) is 47.3. The minimum atomic E-state index is -0.128. The average Bonchev–Trinajstić information content (AvgIpc) is 3.02. The summed E-state index contributed by atoms with van der Waals surface area (Å²) in [5, 5.41) is 0.984. The first-order valence-corrected chi connectivity index (χ1v) is 20.4. The smallest absolute Gasteiger partial charge is 0.0681 e. The van der Waals surface area contributed by atoms with Gasteiger partial charge in [-0.15, -0.1) is 23.2 Å². The largest absolute Gasteiger partial charge is 0.328 e. The van der Waals surface area contributed by atoms with Gasteiger partial charge >= 0.3 is 0 Å². The van der Waals surface area contributed by atoms with E-state index in [4.69, 9.17) is 23.2 Å². The summed E-state index contributed by atoms with van der Waals surface area (Å²) in [6, 6.07) is 0. The maximum Gasteiger partial charge on any atom is 0.0681 e. The van der Waals surface area contributed by atoms with Crippen LogP contribution in [0.1, 0.15) is 180 Å². The molecule has 6 fully saturated rings. The maximum absolute atomic E-state index is 6.37. The van der Waals surface area contributed by atoms with Crippen LogP contribution in [-0.2, 0) is 20.4 Å². The van der Waals surface area contributed by atoms with Gasteiger partial charge in [0.25, 0.3) is 0 Å². The van der Waals surface area contributed by atoms with Crippen molar-refractivity contribution in [3.63, 3.8) is 0 Å². The van der Waals surface area contributed by atoms with Crippen LogP contribution in [0.3, 0.4) is 0 Å². The Balaban J connectivity index is 0.000000228. The molecule has 6 rings (SSSR count). The first-order chi connectivity index (χ1) is 19.2. The van der Waals surface area contributed by atoms with Crippen molar-refractivity contribution in [1.29, 1.82) is 0 Å². The molecule has 0 nitrogen and oxygen atoms in total. The molecule has 240 valence electrons. The second kappa shape index (κ2) is 24.9. The van der Waals surface area contributed by atoms with E-state index in [-0.39, 0.29) is 28.3 Å². The average molecular weight is 706 g/mol. The van der Waals surface area contributed by atoms with Gasteiger partial charge in [0.05, 0.1) is 17.0 Å². The molecule has 0 unspecified atom stereocenters. The molecule has 0 saturated heterocycles. The molecule has 0 aromatic rings. The minimum Gasteiger partial charge on any atom is -0.328 e. The van der Waals surface area contributed by atoms with Gasteiger partial charge in [0.1, 0.15) is 0 Å². The van der Waals surface area contributed by atoms with Crippen LogP contribution in [0.5, 0.6) is 0 Å². The van der Waals surface area contributed by atoms with E-state index in [1.807, 2.05) is 0 Å². The molecular formula is C36H65Cl2PPd-2. The predicted molar refractivity (Wildman–Crippen MR) is 181 cm³/mol. The van der Waals surface area contributed by atoms with Gasteiger partial charge in [-0.1, -0.05) is 64.2 Å². The van der Waals surface area contributed by atoms with Crippen LogP contribution in [0.4, 0.5) is 0 Å². The molecule has 0 aliphatic heterocycles. The van der Waals surface area contributed by atoms with Gasteiger partial charge in [-0.3, -0.25) is 0 Å². The Kier molecular flexibility index (Phi) is 23.6. The Morgan fingerprint density at radius 2 is 0.675 bits per heavy atom. The Labute approximate surface area is 276 Å². The van der Waals surface area contributed by atoms with Crippen LogP contribution in [0.2, 0.25) is 0 Å². The van der Waals surface area contributed by atoms with Gasteiger partial charge in [0.15, 0.2) is 0 Å². The molecule has 0 aromatic heterocycles. The Hall–Kier alpha value is 1.67. The minimum absolute atomic E-state index is 0. The summed E-state index contributed by atoms with van der Waals surface area (Å²) in [6.45, 7) is 0. The van der Waals surface area contributed by atoms with Crippen LogP contribution >= 0.6 is 31.1 Å². The third-order valence-electron chi connectivity index (χ3n) is 10.3. The van der Waals surface area contributed by atoms with Crippen LogP contribution in [-0.4, -0.2) is 27.7 Å². The van der Waals surface area contributed by atoms with Crippen LogP contribution in [0.25, 0.3) is 0 Å². The van der Waals surface area contributed by atoms with Gasteiger partial charge in [-0.25, -0.2) is 0 Å². The SMILES string of the molecule is ClC1CCC([PH+](C2CCCCC2)C2CCCCC2)CC1.ClC1CC[CH-]CC1.[CH-]1CCCCC1.[CH-]1CCCCC1.[Pd]. The van der Waals surface area contributed by atoms with E-state index in [0.29, 0.717) is 10.8 Å².